The van der Waals surface area contributed by atoms with Crippen LogP contribution in [0.5, 0.6) is 0 Å². The predicted octanol–water partition coefficient (Wildman–Crippen LogP) is 2.18. The van der Waals surface area contributed by atoms with Crippen LogP contribution in [0.1, 0.15) is 39.3 Å². The van der Waals surface area contributed by atoms with Gasteiger partial charge < -0.3 is 15.7 Å². The van der Waals surface area contributed by atoms with Crippen molar-refractivity contribution in [3.05, 3.63) is 11.8 Å². The quantitative estimate of drug-likeness (QED) is 0.694. The van der Waals surface area contributed by atoms with Crippen molar-refractivity contribution in [1.82, 2.24) is 9.97 Å². The summed E-state index contributed by atoms with van der Waals surface area (Å²) in [6.45, 7) is 9.16. The first-order valence-electron chi connectivity index (χ1n) is 6.45. The molecular formula is C13H24N4O. The molecule has 0 saturated heterocycles. The Morgan fingerprint density at radius 1 is 1.33 bits per heavy atom. The van der Waals surface area contributed by atoms with Crippen LogP contribution in [-0.2, 0) is 0 Å². The summed E-state index contributed by atoms with van der Waals surface area (Å²) in [6.07, 6.45) is 1.71. The average Bonchev–Trinajstić information content (AvgIpc) is 2.24. The van der Waals surface area contributed by atoms with Gasteiger partial charge in [-0.05, 0) is 33.6 Å². The van der Waals surface area contributed by atoms with E-state index in [2.05, 4.69) is 27.5 Å². The maximum absolute atomic E-state index is 9.02. The fourth-order valence-corrected chi connectivity index (χ4v) is 1.64. The Balaban J connectivity index is 2.79. The molecule has 0 aromatic carbocycles. The Hall–Kier alpha value is -1.36. The van der Waals surface area contributed by atoms with Gasteiger partial charge in [0, 0.05) is 30.5 Å². The number of nitrogens with one attached hydrogen (secondary N) is 2. The largest absolute Gasteiger partial charge is 0.396 e. The van der Waals surface area contributed by atoms with Crippen LogP contribution < -0.4 is 10.6 Å². The number of rotatable bonds is 7. The van der Waals surface area contributed by atoms with Crippen LogP contribution in [0.25, 0.3) is 0 Å². The molecule has 1 aromatic heterocycles. The first-order chi connectivity index (χ1) is 8.46. The zero-order valence-corrected chi connectivity index (χ0v) is 11.7. The Labute approximate surface area is 109 Å². The summed E-state index contributed by atoms with van der Waals surface area (Å²) >= 11 is 0. The topological polar surface area (TPSA) is 70.1 Å². The molecule has 0 radical (unpaired) electrons. The monoisotopic (exact) mass is 252 g/mol. The molecule has 1 heterocycles. The molecule has 5 nitrogen and oxygen atoms in total. The third-order valence-corrected chi connectivity index (χ3v) is 2.59. The first-order valence-corrected chi connectivity index (χ1v) is 6.45. The highest BCUT2D eigenvalue weighted by Gasteiger charge is 2.17. The van der Waals surface area contributed by atoms with Gasteiger partial charge in [0.15, 0.2) is 0 Å². The van der Waals surface area contributed by atoms with Crippen LogP contribution in [0.2, 0.25) is 0 Å². The summed E-state index contributed by atoms with van der Waals surface area (Å²) in [6, 6.07) is 1.91. The normalized spacial score (nSPS) is 11.4. The van der Waals surface area contributed by atoms with Crippen molar-refractivity contribution < 1.29 is 5.11 Å². The molecule has 0 aliphatic heterocycles. The Kier molecular flexibility index (Phi) is 5.34. The van der Waals surface area contributed by atoms with Crippen molar-refractivity contribution in [2.24, 2.45) is 0 Å². The summed E-state index contributed by atoms with van der Waals surface area (Å²) < 4.78 is 0. The smallest absolute Gasteiger partial charge is 0.224 e. The second-order valence-electron chi connectivity index (χ2n) is 5.13. The molecule has 0 amide bonds. The fourth-order valence-electron chi connectivity index (χ4n) is 1.64. The minimum absolute atomic E-state index is 0.158. The maximum Gasteiger partial charge on any atom is 0.224 e. The Morgan fingerprint density at radius 2 is 2.06 bits per heavy atom. The molecule has 3 N–H and O–H groups in total. The van der Waals surface area contributed by atoms with Crippen LogP contribution in [0.15, 0.2) is 6.07 Å². The molecule has 102 valence electrons. The van der Waals surface area contributed by atoms with E-state index in [0.29, 0.717) is 12.4 Å². The van der Waals surface area contributed by atoms with Gasteiger partial charge in [0.05, 0.1) is 0 Å². The summed E-state index contributed by atoms with van der Waals surface area (Å²) in [5, 5.41) is 15.5. The third kappa shape index (κ3) is 4.87. The number of hydrogen-bond acceptors (Lipinski definition) is 5. The van der Waals surface area contributed by atoms with Gasteiger partial charge in [0.1, 0.15) is 5.82 Å². The van der Waals surface area contributed by atoms with E-state index in [0.717, 1.165) is 24.5 Å². The van der Waals surface area contributed by atoms with Gasteiger partial charge in [-0.15, -0.1) is 0 Å². The standard InChI is InChI=1S/C13H24N4O/c1-5-7-14-12-15-10(2)9-11(16-12)17-13(3,4)6-8-18/h9,18H,5-8H2,1-4H3,(H2,14,15,16,17). The first kappa shape index (κ1) is 14.7. The van der Waals surface area contributed by atoms with Gasteiger partial charge in [0.25, 0.3) is 0 Å². The number of anilines is 2. The lowest BCUT2D eigenvalue weighted by Gasteiger charge is -2.26. The third-order valence-electron chi connectivity index (χ3n) is 2.59. The molecule has 0 aliphatic rings. The van der Waals surface area contributed by atoms with E-state index in [1.165, 1.54) is 0 Å². The zero-order chi connectivity index (χ0) is 13.6. The molecule has 0 spiro atoms. The van der Waals surface area contributed by atoms with Crippen molar-refractivity contribution in [2.75, 3.05) is 23.8 Å². The van der Waals surface area contributed by atoms with Gasteiger partial charge >= 0.3 is 0 Å². The molecule has 0 unspecified atom stereocenters. The molecule has 0 saturated carbocycles. The maximum atomic E-state index is 9.02. The lowest BCUT2D eigenvalue weighted by Crippen LogP contribution is -2.32. The number of nitrogens with zero attached hydrogens (tertiary/aromatic N) is 2. The number of aliphatic hydroxyl groups is 1. The fraction of sp³-hybridized carbons (Fsp3) is 0.692. The van der Waals surface area contributed by atoms with E-state index in [4.69, 9.17) is 5.11 Å². The minimum atomic E-state index is -0.183. The summed E-state index contributed by atoms with van der Waals surface area (Å²) in [5.41, 5.74) is 0.739. The highest BCUT2D eigenvalue weighted by atomic mass is 16.3. The lowest BCUT2D eigenvalue weighted by molar-refractivity contribution is 0.260. The average molecular weight is 252 g/mol. The number of aryl methyl sites for hydroxylation is 1. The Bertz CT molecular complexity index is 379. The zero-order valence-electron chi connectivity index (χ0n) is 11.7. The number of aliphatic hydroxyl groups excluding tert-OH is 1. The second kappa shape index (κ2) is 6.54. The molecule has 18 heavy (non-hydrogen) atoms. The summed E-state index contributed by atoms with van der Waals surface area (Å²) in [4.78, 5) is 8.76. The molecular weight excluding hydrogens is 228 g/mol. The van der Waals surface area contributed by atoms with Crippen LogP contribution in [0, 0.1) is 6.92 Å². The van der Waals surface area contributed by atoms with E-state index >= 15 is 0 Å². The highest BCUT2D eigenvalue weighted by Crippen LogP contribution is 2.18. The number of aromatic nitrogens is 2. The molecule has 0 bridgehead atoms. The van der Waals surface area contributed by atoms with Gasteiger partial charge in [-0.25, -0.2) is 4.98 Å². The molecule has 1 aromatic rings. The van der Waals surface area contributed by atoms with Crippen molar-refractivity contribution in [2.45, 2.75) is 46.1 Å². The second-order valence-corrected chi connectivity index (χ2v) is 5.13. The Morgan fingerprint density at radius 3 is 2.67 bits per heavy atom. The van der Waals surface area contributed by atoms with Crippen LogP contribution >= 0.6 is 0 Å². The van der Waals surface area contributed by atoms with Crippen LogP contribution in [0.3, 0.4) is 0 Å². The SMILES string of the molecule is CCCNc1nc(C)cc(NC(C)(C)CCO)n1. The van der Waals surface area contributed by atoms with E-state index in [1.54, 1.807) is 0 Å². The molecule has 1 rings (SSSR count). The van der Waals surface area contributed by atoms with E-state index in [1.807, 2.05) is 26.8 Å². The van der Waals surface area contributed by atoms with Crippen molar-refractivity contribution >= 4 is 11.8 Å². The summed E-state index contributed by atoms with van der Waals surface area (Å²) in [5.74, 6) is 1.44. The molecule has 0 fully saturated rings. The number of hydrogen-bond donors (Lipinski definition) is 3. The molecule has 5 heteroatoms. The summed E-state index contributed by atoms with van der Waals surface area (Å²) in [7, 11) is 0. The minimum Gasteiger partial charge on any atom is -0.396 e. The molecule has 0 aliphatic carbocycles. The predicted molar refractivity (Wildman–Crippen MR) is 75.0 cm³/mol. The van der Waals surface area contributed by atoms with Crippen molar-refractivity contribution in [3.8, 4) is 0 Å². The van der Waals surface area contributed by atoms with Gasteiger partial charge in [-0.3, -0.25) is 0 Å². The van der Waals surface area contributed by atoms with Gasteiger partial charge in [-0.2, -0.15) is 4.98 Å². The van der Waals surface area contributed by atoms with E-state index in [9.17, 15) is 0 Å². The molecule has 0 atom stereocenters. The lowest BCUT2D eigenvalue weighted by atomic mass is 10.0. The van der Waals surface area contributed by atoms with Crippen molar-refractivity contribution in [3.63, 3.8) is 0 Å². The highest BCUT2D eigenvalue weighted by molar-refractivity contribution is 5.43. The van der Waals surface area contributed by atoms with Crippen molar-refractivity contribution in [1.29, 1.82) is 0 Å². The van der Waals surface area contributed by atoms with Gasteiger partial charge in [-0.1, -0.05) is 6.92 Å². The van der Waals surface area contributed by atoms with E-state index in [-0.39, 0.29) is 12.1 Å². The van der Waals surface area contributed by atoms with Gasteiger partial charge in [0.2, 0.25) is 5.95 Å². The van der Waals surface area contributed by atoms with E-state index < -0.39 is 0 Å². The van der Waals surface area contributed by atoms with Crippen LogP contribution in [0.4, 0.5) is 11.8 Å². The van der Waals surface area contributed by atoms with Crippen LogP contribution in [-0.4, -0.2) is 33.8 Å².